The number of β-amino-alcohol motifs (C(OH)–C–C–N with tert-alkyl or cyclic N) is 1. The molecule has 0 aliphatic carbocycles. The topological polar surface area (TPSA) is 36.6 Å². The van der Waals surface area contributed by atoms with Crippen molar-refractivity contribution in [1.82, 2.24) is 4.90 Å². The molecular formula is C12H19NO2. The van der Waals surface area contributed by atoms with Crippen LogP contribution in [0.3, 0.4) is 0 Å². The molecule has 84 valence electrons. The number of nitrogens with zero attached hydrogens (tertiary/aromatic N) is 1. The maximum absolute atomic E-state index is 9.96. The highest BCUT2D eigenvalue weighted by Crippen LogP contribution is 2.22. The largest absolute Gasteiger partial charge is 0.465 e. The zero-order chi connectivity index (χ0) is 10.9. The average Bonchev–Trinajstić information content (AvgIpc) is 2.49. The van der Waals surface area contributed by atoms with E-state index in [1.807, 2.05) is 26.0 Å². The summed E-state index contributed by atoms with van der Waals surface area (Å²) < 4.78 is 5.53. The van der Waals surface area contributed by atoms with Crippen molar-refractivity contribution in [1.29, 1.82) is 0 Å². The predicted octanol–water partition coefficient (Wildman–Crippen LogP) is 1.93. The van der Waals surface area contributed by atoms with Crippen LogP contribution in [0.4, 0.5) is 0 Å². The monoisotopic (exact) mass is 209 g/mol. The summed E-state index contributed by atoms with van der Waals surface area (Å²) in [5.74, 6) is 1.94. The Balaban J connectivity index is 1.95. The van der Waals surface area contributed by atoms with Gasteiger partial charge in [0.15, 0.2) is 0 Å². The molecule has 15 heavy (non-hydrogen) atoms. The van der Waals surface area contributed by atoms with Crippen LogP contribution in [0, 0.1) is 6.92 Å². The molecule has 0 bridgehead atoms. The molecule has 0 amide bonds. The van der Waals surface area contributed by atoms with E-state index in [-0.39, 0.29) is 0 Å². The molecule has 3 heteroatoms. The fourth-order valence-corrected chi connectivity index (χ4v) is 2.25. The van der Waals surface area contributed by atoms with Crippen molar-refractivity contribution in [3.63, 3.8) is 0 Å². The highest BCUT2D eigenvalue weighted by molar-refractivity contribution is 5.05. The van der Waals surface area contributed by atoms with Gasteiger partial charge in [0.05, 0.1) is 12.1 Å². The summed E-state index contributed by atoms with van der Waals surface area (Å²) in [6, 6.07) is 4.00. The summed E-state index contributed by atoms with van der Waals surface area (Å²) in [6.45, 7) is 6.47. The number of hydrogen-bond donors (Lipinski definition) is 1. The van der Waals surface area contributed by atoms with Crippen LogP contribution in [0.2, 0.25) is 0 Å². The van der Waals surface area contributed by atoms with Gasteiger partial charge in [0.1, 0.15) is 11.5 Å². The van der Waals surface area contributed by atoms with Gasteiger partial charge >= 0.3 is 0 Å². The van der Waals surface area contributed by atoms with Crippen LogP contribution in [-0.2, 0) is 6.54 Å². The van der Waals surface area contributed by atoms with Crippen LogP contribution in [0.5, 0.6) is 0 Å². The third kappa shape index (κ3) is 2.83. The van der Waals surface area contributed by atoms with Crippen LogP contribution >= 0.6 is 0 Å². The van der Waals surface area contributed by atoms with E-state index in [0.717, 1.165) is 44.0 Å². The minimum atomic E-state index is -0.528. The predicted molar refractivity (Wildman–Crippen MR) is 58.6 cm³/mol. The van der Waals surface area contributed by atoms with E-state index in [2.05, 4.69) is 4.90 Å². The zero-order valence-electron chi connectivity index (χ0n) is 9.49. The van der Waals surface area contributed by atoms with Gasteiger partial charge in [-0.3, -0.25) is 4.90 Å². The minimum absolute atomic E-state index is 0.528. The van der Waals surface area contributed by atoms with Gasteiger partial charge in [-0.05, 0) is 45.4 Å². The second-order valence-electron chi connectivity index (χ2n) is 4.82. The quantitative estimate of drug-likeness (QED) is 0.808. The normalized spacial score (nSPS) is 28.2. The summed E-state index contributed by atoms with van der Waals surface area (Å²) in [7, 11) is 0. The first-order chi connectivity index (χ1) is 7.05. The number of furan rings is 1. The maximum atomic E-state index is 9.96. The van der Waals surface area contributed by atoms with E-state index in [0.29, 0.717) is 0 Å². The number of rotatable bonds is 2. The number of aliphatic hydroxyl groups is 1. The Morgan fingerprint density at radius 2 is 2.33 bits per heavy atom. The van der Waals surface area contributed by atoms with Crippen molar-refractivity contribution < 1.29 is 9.52 Å². The van der Waals surface area contributed by atoms with E-state index in [1.165, 1.54) is 0 Å². The lowest BCUT2D eigenvalue weighted by molar-refractivity contribution is -0.0199. The molecular weight excluding hydrogens is 190 g/mol. The maximum Gasteiger partial charge on any atom is 0.118 e. The summed E-state index contributed by atoms with van der Waals surface area (Å²) in [4.78, 5) is 2.25. The van der Waals surface area contributed by atoms with Gasteiger partial charge in [0.2, 0.25) is 0 Å². The highest BCUT2D eigenvalue weighted by atomic mass is 16.3. The Hall–Kier alpha value is -0.800. The van der Waals surface area contributed by atoms with Gasteiger partial charge in [-0.2, -0.15) is 0 Å². The number of likely N-dealkylation sites (tertiary alicyclic amines) is 1. The second-order valence-corrected chi connectivity index (χ2v) is 4.82. The molecule has 2 heterocycles. The Bertz CT molecular complexity index is 330. The number of piperidine rings is 1. The molecule has 1 saturated heterocycles. The first-order valence-electron chi connectivity index (χ1n) is 5.55. The van der Waals surface area contributed by atoms with Gasteiger partial charge in [-0.15, -0.1) is 0 Å². The Morgan fingerprint density at radius 1 is 1.53 bits per heavy atom. The van der Waals surface area contributed by atoms with E-state index in [1.54, 1.807) is 0 Å². The van der Waals surface area contributed by atoms with Crippen molar-refractivity contribution in [2.45, 2.75) is 38.8 Å². The lowest BCUT2D eigenvalue weighted by Crippen LogP contribution is -2.45. The van der Waals surface area contributed by atoms with Crippen LogP contribution in [0.1, 0.15) is 31.3 Å². The number of hydrogen-bond acceptors (Lipinski definition) is 3. The molecule has 0 spiro atoms. The molecule has 1 fully saturated rings. The van der Waals surface area contributed by atoms with E-state index < -0.39 is 5.60 Å². The van der Waals surface area contributed by atoms with Crippen LogP contribution < -0.4 is 0 Å². The van der Waals surface area contributed by atoms with Gasteiger partial charge in [0, 0.05) is 6.54 Å². The van der Waals surface area contributed by atoms with Crippen molar-refractivity contribution >= 4 is 0 Å². The summed E-state index contributed by atoms with van der Waals surface area (Å²) in [6.07, 6.45) is 1.97. The molecule has 3 nitrogen and oxygen atoms in total. The van der Waals surface area contributed by atoms with Gasteiger partial charge in [0.25, 0.3) is 0 Å². The lowest BCUT2D eigenvalue weighted by atomic mass is 9.95. The fraction of sp³-hybridized carbons (Fsp3) is 0.667. The molecule has 0 radical (unpaired) electrons. The van der Waals surface area contributed by atoms with Crippen LogP contribution in [0.25, 0.3) is 0 Å². The highest BCUT2D eigenvalue weighted by Gasteiger charge is 2.28. The first kappa shape index (κ1) is 10.7. The molecule has 1 aliphatic heterocycles. The number of aryl methyl sites for hydroxylation is 1. The lowest BCUT2D eigenvalue weighted by Gasteiger charge is -2.36. The third-order valence-corrected chi connectivity index (χ3v) is 2.93. The molecule has 1 aromatic rings. The Labute approximate surface area is 90.7 Å². The molecule has 0 aromatic carbocycles. The molecule has 1 unspecified atom stereocenters. The molecule has 1 N–H and O–H groups in total. The molecule has 1 aliphatic rings. The summed E-state index contributed by atoms with van der Waals surface area (Å²) >= 11 is 0. The van der Waals surface area contributed by atoms with Gasteiger partial charge < -0.3 is 9.52 Å². The van der Waals surface area contributed by atoms with Crippen molar-refractivity contribution in [2.24, 2.45) is 0 Å². The van der Waals surface area contributed by atoms with E-state index in [9.17, 15) is 5.11 Å². The molecule has 2 rings (SSSR count). The molecule has 1 aromatic heterocycles. The smallest absolute Gasteiger partial charge is 0.118 e. The van der Waals surface area contributed by atoms with Crippen LogP contribution in [0.15, 0.2) is 16.5 Å². The molecule has 0 saturated carbocycles. The second kappa shape index (κ2) is 3.99. The Morgan fingerprint density at radius 3 is 2.93 bits per heavy atom. The SMILES string of the molecule is Cc1ccc(CN2CCCC(C)(O)C2)o1. The average molecular weight is 209 g/mol. The first-order valence-corrected chi connectivity index (χ1v) is 5.55. The Kier molecular flexibility index (Phi) is 2.85. The van der Waals surface area contributed by atoms with E-state index >= 15 is 0 Å². The van der Waals surface area contributed by atoms with Crippen molar-refractivity contribution in [3.05, 3.63) is 23.7 Å². The van der Waals surface area contributed by atoms with Crippen LogP contribution in [-0.4, -0.2) is 28.7 Å². The zero-order valence-corrected chi connectivity index (χ0v) is 9.49. The minimum Gasteiger partial charge on any atom is -0.465 e. The summed E-state index contributed by atoms with van der Waals surface area (Å²) in [5.41, 5.74) is -0.528. The van der Waals surface area contributed by atoms with E-state index in [4.69, 9.17) is 4.42 Å². The van der Waals surface area contributed by atoms with Crippen molar-refractivity contribution in [2.75, 3.05) is 13.1 Å². The van der Waals surface area contributed by atoms with Gasteiger partial charge in [-0.25, -0.2) is 0 Å². The fourth-order valence-electron chi connectivity index (χ4n) is 2.25. The molecule has 1 atom stereocenters. The standard InChI is InChI=1S/C12H19NO2/c1-10-4-5-11(15-10)8-13-7-3-6-12(2,14)9-13/h4-5,14H,3,6-9H2,1-2H3. The summed E-state index contributed by atoms with van der Waals surface area (Å²) in [5, 5.41) is 9.96. The third-order valence-electron chi connectivity index (χ3n) is 2.93. The van der Waals surface area contributed by atoms with Crippen molar-refractivity contribution in [3.8, 4) is 0 Å². The van der Waals surface area contributed by atoms with Gasteiger partial charge in [-0.1, -0.05) is 0 Å².